The van der Waals surface area contributed by atoms with Crippen molar-refractivity contribution in [1.82, 2.24) is 4.57 Å². The molecule has 4 rings (SSSR count). The average molecular weight is 367 g/mol. The Morgan fingerprint density at radius 1 is 0.786 bits per heavy atom. The maximum absolute atomic E-state index is 11.8. The van der Waals surface area contributed by atoms with Gasteiger partial charge in [0.15, 0.2) is 0 Å². The lowest BCUT2D eigenvalue weighted by atomic mass is 10.1. The molecule has 0 radical (unpaired) electrons. The molecule has 0 N–H and O–H groups in total. The third-order valence-electron chi connectivity index (χ3n) is 4.95. The van der Waals surface area contributed by atoms with Crippen LogP contribution in [0.5, 0.6) is 0 Å². The minimum absolute atomic E-state index is 0.330. The van der Waals surface area contributed by atoms with E-state index in [4.69, 9.17) is 4.74 Å². The number of carbonyl (C=O) groups excluding carboxylic acids is 1. The van der Waals surface area contributed by atoms with Crippen molar-refractivity contribution in [3.05, 3.63) is 102 Å². The number of hydrogen-bond acceptors (Lipinski definition) is 2. The summed E-state index contributed by atoms with van der Waals surface area (Å²) < 4.78 is 7.05. The van der Waals surface area contributed by atoms with Crippen molar-refractivity contribution in [2.45, 2.75) is 6.92 Å². The predicted octanol–water partition coefficient (Wildman–Crippen LogP) is 5.91. The van der Waals surface area contributed by atoms with Gasteiger partial charge in [-0.1, -0.05) is 60.7 Å². The van der Waals surface area contributed by atoms with Crippen molar-refractivity contribution in [1.29, 1.82) is 0 Å². The Hall–Kier alpha value is -3.59. The highest BCUT2D eigenvalue weighted by Gasteiger charge is 2.16. The van der Waals surface area contributed by atoms with Gasteiger partial charge < -0.3 is 9.30 Å². The number of methoxy groups -OCH3 is 1. The van der Waals surface area contributed by atoms with Crippen molar-refractivity contribution in [3.8, 4) is 28.1 Å². The lowest BCUT2D eigenvalue weighted by Gasteiger charge is -2.13. The van der Waals surface area contributed by atoms with E-state index in [9.17, 15) is 4.79 Å². The van der Waals surface area contributed by atoms with E-state index in [1.165, 1.54) is 18.2 Å². The van der Waals surface area contributed by atoms with E-state index in [0.717, 1.165) is 22.6 Å². The molecule has 0 aliphatic rings. The summed E-state index contributed by atoms with van der Waals surface area (Å²) in [6, 6.07) is 30.5. The van der Waals surface area contributed by atoms with E-state index in [-0.39, 0.29) is 5.97 Å². The van der Waals surface area contributed by atoms with Crippen LogP contribution >= 0.6 is 0 Å². The second-order valence-electron chi connectivity index (χ2n) is 6.63. The van der Waals surface area contributed by atoms with Gasteiger partial charge in [-0.05, 0) is 48.4 Å². The van der Waals surface area contributed by atoms with Crippen LogP contribution < -0.4 is 0 Å². The number of aromatic nitrogens is 1. The molecule has 0 aliphatic heterocycles. The molecule has 138 valence electrons. The fourth-order valence-corrected chi connectivity index (χ4v) is 3.54. The van der Waals surface area contributed by atoms with E-state index in [1.54, 1.807) is 12.1 Å². The fourth-order valence-electron chi connectivity index (χ4n) is 3.54. The maximum atomic E-state index is 11.8. The molecule has 3 heteroatoms. The highest BCUT2D eigenvalue weighted by Crippen LogP contribution is 2.34. The number of carbonyl (C=O) groups is 1. The molecule has 4 aromatic rings. The Morgan fingerprint density at radius 3 is 1.93 bits per heavy atom. The highest BCUT2D eigenvalue weighted by molar-refractivity contribution is 5.89. The van der Waals surface area contributed by atoms with Crippen molar-refractivity contribution in [2.75, 3.05) is 7.11 Å². The summed E-state index contributed by atoms with van der Waals surface area (Å²) in [5.41, 5.74) is 7.33. The Kier molecular flexibility index (Phi) is 4.81. The van der Waals surface area contributed by atoms with Crippen LogP contribution in [-0.4, -0.2) is 17.6 Å². The first kappa shape index (κ1) is 17.8. The summed E-state index contributed by atoms with van der Waals surface area (Å²) in [5.74, 6) is -0.330. The lowest BCUT2D eigenvalue weighted by Crippen LogP contribution is -2.03. The van der Waals surface area contributed by atoms with E-state index in [1.807, 2.05) is 36.4 Å². The number of hydrogen-bond donors (Lipinski definition) is 0. The normalized spacial score (nSPS) is 10.6. The summed E-state index contributed by atoms with van der Waals surface area (Å²) in [5, 5.41) is 0. The summed E-state index contributed by atoms with van der Waals surface area (Å²) in [6.45, 7) is 2.13. The van der Waals surface area contributed by atoms with Crippen molar-refractivity contribution >= 4 is 5.97 Å². The molecule has 0 bridgehead atoms. The third kappa shape index (κ3) is 3.23. The van der Waals surface area contributed by atoms with Gasteiger partial charge in [0.25, 0.3) is 0 Å². The summed E-state index contributed by atoms with van der Waals surface area (Å²) >= 11 is 0. The molecular weight excluding hydrogens is 346 g/mol. The molecule has 0 aliphatic carbocycles. The zero-order chi connectivity index (χ0) is 19.5. The van der Waals surface area contributed by atoms with Gasteiger partial charge in [-0.3, -0.25) is 0 Å². The first-order valence-electron chi connectivity index (χ1n) is 9.21. The molecule has 0 saturated heterocycles. The SMILES string of the molecule is COC(=O)c1ccc(-n2c(-c3ccccc3)cc(-c3ccccc3)c2C)cc1. The zero-order valence-corrected chi connectivity index (χ0v) is 15.9. The van der Waals surface area contributed by atoms with Crippen LogP contribution in [0.15, 0.2) is 91.0 Å². The van der Waals surface area contributed by atoms with Crippen LogP contribution in [0.4, 0.5) is 0 Å². The van der Waals surface area contributed by atoms with Crippen molar-refractivity contribution in [2.24, 2.45) is 0 Å². The standard InChI is InChI=1S/C25H21NO2/c1-18-23(19-9-5-3-6-10-19)17-24(20-11-7-4-8-12-20)26(18)22-15-13-21(14-16-22)25(27)28-2/h3-17H,1-2H3. The minimum atomic E-state index is -0.330. The summed E-state index contributed by atoms with van der Waals surface area (Å²) in [7, 11) is 1.39. The van der Waals surface area contributed by atoms with Crippen molar-refractivity contribution in [3.63, 3.8) is 0 Å². The van der Waals surface area contributed by atoms with Crippen LogP contribution in [0.1, 0.15) is 16.1 Å². The number of ether oxygens (including phenoxy) is 1. The zero-order valence-electron chi connectivity index (χ0n) is 15.9. The minimum Gasteiger partial charge on any atom is -0.465 e. The molecule has 3 nitrogen and oxygen atoms in total. The molecule has 28 heavy (non-hydrogen) atoms. The quantitative estimate of drug-likeness (QED) is 0.420. The smallest absolute Gasteiger partial charge is 0.337 e. The van der Waals surface area contributed by atoms with Crippen LogP contribution in [0.2, 0.25) is 0 Å². The Bertz CT molecular complexity index is 1090. The predicted molar refractivity (Wildman–Crippen MR) is 113 cm³/mol. The van der Waals surface area contributed by atoms with E-state index >= 15 is 0 Å². The van der Waals surface area contributed by atoms with E-state index < -0.39 is 0 Å². The van der Waals surface area contributed by atoms with Crippen LogP contribution in [0.25, 0.3) is 28.1 Å². The molecule has 0 unspecified atom stereocenters. The van der Waals surface area contributed by atoms with Gasteiger partial charge in [0.1, 0.15) is 0 Å². The number of esters is 1. The second-order valence-corrected chi connectivity index (χ2v) is 6.63. The molecule has 0 fully saturated rings. The number of nitrogens with zero attached hydrogens (tertiary/aromatic N) is 1. The van der Waals surface area contributed by atoms with Crippen LogP contribution in [-0.2, 0) is 4.74 Å². The van der Waals surface area contributed by atoms with Crippen LogP contribution in [0.3, 0.4) is 0 Å². The maximum Gasteiger partial charge on any atom is 0.337 e. The average Bonchev–Trinajstić information content (AvgIpc) is 3.11. The largest absolute Gasteiger partial charge is 0.465 e. The van der Waals surface area contributed by atoms with Gasteiger partial charge in [-0.25, -0.2) is 4.79 Å². The Balaban J connectivity index is 1.90. The molecule has 0 spiro atoms. The Morgan fingerprint density at radius 2 is 1.36 bits per heavy atom. The molecular formula is C25H21NO2. The number of benzene rings is 3. The molecule has 3 aromatic carbocycles. The first-order chi connectivity index (χ1) is 13.7. The lowest BCUT2D eigenvalue weighted by molar-refractivity contribution is 0.0601. The molecule has 1 heterocycles. The summed E-state index contributed by atoms with van der Waals surface area (Å²) in [6.07, 6.45) is 0. The summed E-state index contributed by atoms with van der Waals surface area (Å²) in [4.78, 5) is 11.8. The van der Waals surface area contributed by atoms with E-state index in [0.29, 0.717) is 5.56 Å². The van der Waals surface area contributed by atoms with Gasteiger partial charge in [0.2, 0.25) is 0 Å². The second kappa shape index (κ2) is 7.57. The molecule has 0 atom stereocenters. The topological polar surface area (TPSA) is 31.2 Å². The molecule has 0 saturated carbocycles. The fraction of sp³-hybridized carbons (Fsp3) is 0.0800. The van der Waals surface area contributed by atoms with Gasteiger partial charge in [0, 0.05) is 16.9 Å². The highest BCUT2D eigenvalue weighted by atomic mass is 16.5. The number of rotatable bonds is 4. The third-order valence-corrected chi connectivity index (χ3v) is 4.95. The van der Waals surface area contributed by atoms with Crippen molar-refractivity contribution < 1.29 is 9.53 Å². The molecule has 0 amide bonds. The Labute approximate surface area is 164 Å². The molecule has 1 aromatic heterocycles. The van der Waals surface area contributed by atoms with Gasteiger partial charge in [0.05, 0.1) is 18.4 Å². The van der Waals surface area contributed by atoms with Crippen LogP contribution in [0, 0.1) is 6.92 Å². The first-order valence-corrected chi connectivity index (χ1v) is 9.21. The van der Waals surface area contributed by atoms with Gasteiger partial charge >= 0.3 is 5.97 Å². The monoisotopic (exact) mass is 367 g/mol. The van der Waals surface area contributed by atoms with Gasteiger partial charge in [-0.15, -0.1) is 0 Å². The van der Waals surface area contributed by atoms with E-state index in [2.05, 4.69) is 54.0 Å². The van der Waals surface area contributed by atoms with Gasteiger partial charge in [-0.2, -0.15) is 0 Å².